The Morgan fingerprint density at radius 1 is 1.41 bits per heavy atom. The first-order valence-electron chi connectivity index (χ1n) is 6.97. The van der Waals surface area contributed by atoms with Crippen LogP contribution < -0.4 is 5.73 Å². The lowest BCUT2D eigenvalue weighted by Gasteiger charge is -2.21. The van der Waals surface area contributed by atoms with E-state index in [2.05, 4.69) is 0 Å². The molecular weight excluding hydrogens is 347 g/mol. The van der Waals surface area contributed by atoms with Gasteiger partial charge in [-0.1, -0.05) is 55.7 Å². The molecule has 0 atom stereocenters. The van der Waals surface area contributed by atoms with Gasteiger partial charge in [0.2, 0.25) is 10.0 Å². The normalized spacial score (nSPS) is 11.8. The van der Waals surface area contributed by atoms with Gasteiger partial charge in [-0.2, -0.15) is 4.31 Å². The van der Waals surface area contributed by atoms with Crippen molar-refractivity contribution < 1.29 is 12.8 Å². The molecule has 2 N–H and O–H groups in total. The summed E-state index contributed by atoms with van der Waals surface area (Å²) in [4.78, 5) is 0.0895. The molecule has 1 rings (SSSR count). The van der Waals surface area contributed by atoms with Crippen molar-refractivity contribution in [2.45, 2.75) is 31.9 Å². The van der Waals surface area contributed by atoms with E-state index in [0.29, 0.717) is 13.0 Å². The first kappa shape index (κ1) is 19.3. The quantitative estimate of drug-likeness (QED) is 0.539. The Morgan fingerprint density at radius 3 is 2.68 bits per heavy atom. The number of hydrogen-bond acceptors (Lipinski definition) is 3. The average Bonchev–Trinajstić information content (AvgIpc) is 2.42. The third kappa shape index (κ3) is 5.79. The van der Waals surface area contributed by atoms with Gasteiger partial charge in [-0.05, 0) is 12.5 Å². The van der Waals surface area contributed by atoms with Crippen LogP contribution >= 0.6 is 23.8 Å². The van der Waals surface area contributed by atoms with Gasteiger partial charge in [0.25, 0.3) is 0 Å². The van der Waals surface area contributed by atoms with Crippen molar-refractivity contribution in [2.75, 3.05) is 13.1 Å². The fourth-order valence-corrected chi connectivity index (χ4v) is 3.95. The maximum absolute atomic E-state index is 13.9. The number of thiocarbonyl (C=S) groups is 1. The minimum absolute atomic E-state index is 0.0379. The number of sulfonamides is 1. The van der Waals surface area contributed by atoms with E-state index in [1.807, 2.05) is 6.92 Å². The summed E-state index contributed by atoms with van der Waals surface area (Å²) >= 11 is 10.5. The Kier molecular flexibility index (Phi) is 7.68. The van der Waals surface area contributed by atoms with Crippen LogP contribution in [0.25, 0.3) is 0 Å². The van der Waals surface area contributed by atoms with E-state index in [9.17, 15) is 12.8 Å². The van der Waals surface area contributed by atoms with Gasteiger partial charge in [-0.3, -0.25) is 0 Å². The summed E-state index contributed by atoms with van der Waals surface area (Å²) in [5.41, 5.74) is 5.51. The molecule has 22 heavy (non-hydrogen) atoms. The fraction of sp³-hybridized carbons (Fsp3) is 0.500. The van der Waals surface area contributed by atoms with E-state index < -0.39 is 21.6 Å². The van der Waals surface area contributed by atoms with Crippen LogP contribution in [0.5, 0.6) is 0 Å². The van der Waals surface area contributed by atoms with Gasteiger partial charge in [0.15, 0.2) is 0 Å². The van der Waals surface area contributed by atoms with Crippen molar-refractivity contribution in [1.29, 1.82) is 0 Å². The second-order valence-corrected chi connectivity index (χ2v) is 7.88. The molecule has 0 aromatic heterocycles. The van der Waals surface area contributed by atoms with E-state index in [4.69, 9.17) is 29.6 Å². The predicted octanol–water partition coefficient (Wildman–Crippen LogP) is 3.09. The Morgan fingerprint density at radius 2 is 2.09 bits per heavy atom. The van der Waals surface area contributed by atoms with Gasteiger partial charge < -0.3 is 5.73 Å². The van der Waals surface area contributed by atoms with Crippen molar-refractivity contribution in [1.82, 2.24) is 4.31 Å². The fourth-order valence-electron chi connectivity index (χ4n) is 1.98. The molecule has 8 heteroatoms. The van der Waals surface area contributed by atoms with Crippen molar-refractivity contribution in [3.05, 3.63) is 34.6 Å². The first-order valence-corrected chi connectivity index (χ1v) is 9.36. The number of unbranched alkanes of at least 4 members (excludes halogenated alkanes) is 2. The van der Waals surface area contributed by atoms with Crippen LogP contribution in [-0.4, -0.2) is 30.8 Å². The van der Waals surface area contributed by atoms with Crippen LogP contribution in [0, 0.1) is 5.82 Å². The van der Waals surface area contributed by atoms with Crippen molar-refractivity contribution in [2.24, 2.45) is 5.73 Å². The Labute approximate surface area is 141 Å². The minimum atomic E-state index is -3.72. The highest BCUT2D eigenvalue weighted by atomic mass is 35.5. The Hall–Kier alpha value is -0.760. The van der Waals surface area contributed by atoms with Gasteiger partial charge in [-0.15, -0.1) is 0 Å². The number of hydrogen-bond donors (Lipinski definition) is 1. The third-order valence-electron chi connectivity index (χ3n) is 3.11. The van der Waals surface area contributed by atoms with Crippen molar-refractivity contribution in [3.63, 3.8) is 0 Å². The lowest BCUT2D eigenvalue weighted by molar-refractivity contribution is 0.434. The zero-order chi connectivity index (χ0) is 16.8. The Balaban J connectivity index is 2.95. The minimum Gasteiger partial charge on any atom is -0.392 e. The van der Waals surface area contributed by atoms with Crippen LogP contribution in [0.3, 0.4) is 0 Å². The molecule has 0 amide bonds. The van der Waals surface area contributed by atoms with Gasteiger partial charge in [-0.25, -0.2) is 12.8 Å². The second-order valence-electron chi connectivity index (χ2n) is 4.98. The number of benzene rings is 1. The highest BCUT2D eigenvalue weighted by Gasteiger charge is 2.24. The molecule has 0 aliphatic rings. The van der Waals surface area contributed by atoms with Gasteiger partial charge in [0.1, 0.15) is 5.82 Å². The largest absolute Gasteiger partial charge is 0.392 e. The molecule has 0 saturated heterocycles. The first-order chi connectivity index (χ1) is 10.3. The summed E-state index contributed by atoms with van der Waals surface area (Å²) < 4.78 is 40.1. The molecule has 0 saturated carbocycles. The molecular formula is C14H20ClFN2O2S2. The number of halogens is 2. The molecule has 0 aliphatic heterocycles. The van der Waals surface area contributed by atoms with Crippen LogP contribution in [-0.2, 0) is 15.8 Å². The maximum Gasteiger partial charge on any atom is 0.218 e. The highest BCUT2D eigenvalue weighted by molar-refractivity contribution is 7.88. The van der Waals surface area contributed by atoms with Crippen LogP contribution in [0.4, 0.5) is 4.39 Å². The van der Waals surface area contributed by atoms with E-state index in [1.165, 1.54) is 22.5 Å². The summed E-state index contributed by atoms with van der Waals surface area (Å²) in [5, 5.41) is -0.0976. The standard InChI is InChI=1S/C14H20ClFN2O2S2/c1-2-3-4-8-18(9-13(17)21)22(19,20)10-11-6-5-7-12(15)14(11)16/h5-7H,2-4,8-10H2,1H3,(H2,17,21). The molecule has 0 bridgehead atoms. The molecule has 0 fully saturated rings. The SMILES string of the molecule is CCCCCN(CC(N)=S)S(=O)(=O)Cc1cccc(Cl)c1F. The molecule has 0 aliphatic carbocycles. The zero-order valence-electron chi connectivity index (χ0n) is 12.4. The van der Waals surface area contributed by atoms with Crippen LogP contribution in [0.15, 0.2) is 18.2 Å². The summed E-state index contributed by atoms with van der Waals surface area (Å²) in [7, 11) is -3.72. The topological polar surface area (TPSA) is 63.4 Å². The summed E-state index contributed by atoms with van der Waals surface area (Å²) in [6.45, 7) is 2.30. The molecule has 4 nitrogen and oxygen atoms in total. The summed E-state index contributed by atoms with van der Waals surface area (Å²) in [6, 6.07) is 4.30. The molecule has 1 aromatic rings. The summed E-state index contributed by atoms with van der Waals surface area (Å²) in [5.74, 6) is -1.18. The van der Waals surface area contributed by atoms with Crippen LogP contribution in [0.2, 0.25) is 5.02 Å². The smallest absolute Gasteiger partial charge is 0.218 e. The van der Waals surface area contributed by atoms with Gasteiger partial charge in [0.05, 0.1) is 22.3 Å². The third-order valence-corrected chi connectivity index (χ3v) is 5.30. The van der Waals surface area contributed by atoms with Gasteiger partial charge in [0, 0.05) is 12.1 Å². The molecule has 0 heterocycles. The Bertz CT molecular complexity index is 623. The highest BCUT2D eigenvalue weighted by Crippen LogP contribution is 2.21. The molecule has 124 valence electrons. The zero-order valence-corrected chi connectivity index (χ0v) is 14.8. The molecule has 1 aromatic carbocycles. The molecule has 0 unspecified atom stereocenters. The summed E-state index contributed by atoms with van der Waals surface area (Å²) in [6.07, 6.45) is 2.56. The van der Waals surface area contributed by atoms with Crippen LogP contribution in [0.1, 0.15) is 31.7 Å². The number of nitrogens with zero attached hydrogens (tertiary/aromatic N) is 1. The lowest BCUT2D eigenvalue weighted by atomic mass is 10.2. The monoisotopic (exact) mass is 366 g/mol. The predicted molar refractivity (Wildman–Crippen MR) is 91.9 cm³/mol. The maximum atomic E-state index is 13.9. The van der Waals surface area contributed by atoms with Gasteiger partial charge >= 0.3 is 0 Å². The van der Waals surface area contributed by atoms with E-state index in [1.54, 1.807) is 0 Å². The van der Waals surface area contributed by atoms with E-state index in [0.717, 1.165) is 12.8 Å². The van der Waals surface area contributed by atoms with E-state index >= 15 is 0 Å². The second kappa shape index (κ2) is 8.76. The van der Waals surface area contributed by atoms with Crippen molar-refractivity contribution >= 4 is 38.8 Å². The number of rotatable bonds is 9. The van der Waals surface area contributed by atoms with E-state index in [-0.39, 0.29) is 22.1 Å². The average molecular weight is 367 g/mol. The van der Waals surface area contributed by atoms with Crippen molar-refractivity contribution in [3.8, 4) is 0 Å². The molecule has 0 spiro atoms. The molecule has 0 radical (unpaired) electrons. The lowest BCUT2D eigenvalue weighted by Crippen LogP contribution is -2.39. The number of nitrogens with two attached hydrogens (primary N) is 1.